The summed E-state index contributed by atoms with van der Waals surface area (Å²) in [7, 11) is -4.28. The molecule has 0 aromatic heterocycles. The van der Waals surface area contributed by atoms with Gasteiger partial charge >= 0.3 is 0 Å². The summed E-state index contributed by atoms with van der Waals surface area (Å²) >= 11 is 7.32. The molecule has 0 aromatic rings. The first-order valence-corrected chi connectivity index (χ1v) is 6.75. The van der Waals surface area contributed by atoms with E-state index in [2.05, 4.69) is 31.9 Å². The third-order valence-electron chi connectivity index (χ3n) is 1.36. The van der Waals surface area contributed by atoms with Crippen LogP contribution in [-0.2, 0) is 10.1 Å². The Bertz CT molecular complexity index is 332. The average Bonchev–Trinajstić information content (AvgIpc) is 2.06. The summed E-state index contributed by atoms with van der Waals surface area (Å²) in [6, 6.07) is 0. The Kier molecular flexibility index (Phi) is 4.79. The maximum atomic E-state index is 10.8. The van der Waals surface area contributed by atoms with Crippen molar-refractivity contribution in [2.75, 3.05) is 0 Å². The molecule has 1 rings (SSSR count). The maximum Gasteiger partial charge on any atom is 0.289 e. The molecule has 0 spiro atoms. The van der Waals surface area contributed by atoms with E-state index in [-0.39, 0.29) is 12.4 Å². The topological polar surface area (TPSA) is 80.4 Å². The van der Waals surface area contributed by atoms with Crippen LogP contribution < -0.4 is 5.73 Å². The van der Waals surface area contributed by atoms with Gasteiger partial charge in [-0.25, -0.2) is 0 Å². The first-order chi connectivity index (χ1) is 5.27. The van der Waals surface area contributed by atoms with E-state index in [0.717, 1.165) is 0 Å². The van der Waals surface area contributed by atoms with E-state index in [1.54, 1.807) is 0 Å². The number of hydrogen-bond donors (Lipinski definition) is 2. The molecule has 0 aliphatic carbocycles. The number of hydrogen-bond acceptors (Lipinski definition) is 4. The summed E-state index contributed by atoms with van der Waals surface area (Å²) in [5, 5.41) is 0. The zero-order valence-electron chi connectivity index (χ0n) is 5.98. The van der Waals surface area contributed by atoms with Gasteiger partial charge in [-0.3, -0.25) is 4.55 Å². The molecule has 0 amide bonds. The van der Waals surface area contributed by atoms with Crippen molar-refractivity contribution in [1.29, 1.82) is 0 Å². The summed E-state index contributed by atoms with van der Waals surface area (Å²) in [5.74, 6) is 0. The van der Waals surface area contributed by atoms with E-state index in [9.17, 15) is 8.42 Å². The first kappa shape index (κ1) is 14.2. The van der Waals surface area contributed by atoms with Gasteiger partial charge in [-0.1, -0.05) is 15.9 Å². The van der Waals surface area contributed by atoms with Crippen molar-refractivity contribution in [3.63, 3.8) is 0 Å². The maximum absolute atomic E-state index is 10.8. The van der Waals surface area contributed by atoms with Crippen LogP contribution in [0.4, 0.5) is 0 Å². The number of rotatable bonds is 1. The van der Waals surface area contributed by atoms with E-state index >= 15 is 0 Å². The van der Waals surface area contributed by atoms with Crippen LogP contribution in [0.2, 0.25) is 0 Å². The molecule has 0 saturated heterocycles. The van der Waals surface area contributed by atoms with E-state index in [1.807, 2.05) is 0 Å². The molecule has 78 valence electrons. The second kappa shape index (κ2) is 4.38. The van der Waals surface area contributed by atoms with Crippen LogP contribution in [0.15, 0.2) is 9.89 Å². The number of halogens is 3. The molecule has 1 heterocycles. The van der Waals surface area contributed by atoms with Gasteiger partial charge in [-0.15, -0.1) is 24.2 Å². The first-order valence-electron chi connectivity index (χ1n) is 2.72. The van der Waals surface area contributed by atoms with E-state index in [0.29, 0.717) is 3.81 Å². The predicted molar refractivity (Wildman–Crippen MR) is 63.0 cm³/mol. The molecule has 0 radical (unpaired) electrons. The van der Waals surface area contributed by atoms with Crippen LogP contribution >= 0.6 is 56.0 Å². The van der Waals surface area contributed by atoms with Gasteiger partial charge in [0.25, 0.3) is 10.1 Å². The van der Waals surface area contributed by atoms with Crippen molar-refractivity contribution in [2.45, 2.75) is 9.03 Å². The lowest BCUT2D eigenvalue weighted by atomic mass is 10.3. The molecule has 13 heavy (non-hydrogen) atoms. The minimum absolute atomic E-state index is 0. The van der Waals surface area contributed by atoms with Crippen LogP contribution in [0, 0.1) is 0 Å². The van der Waals surface area contributed by atoms with Gasteiger partial charge in [0.2, 0.25) is 0 Å². The van der Waals surface area contributed by atoms with Crippen LogP contribution in [0.1, 0.15) is 0 Å². The highest BCUT2D eigenvalue weighted by atomic mass is 79.9. The van der Waals surface area contributed by atoms with Gasteiger partial charge in [-0.2, -0.15) is 8.42 Å². The molecule has 0 bridgehead atoms. The highest BCUT2D eigenvalue weighted by Crippen LogP contribution is 2.46. The molecular formula is C4H6Br2ClNO3S2. The lowest BCUT2D eigenvalue weighted by Crippen LogP contribution is -2.49. The van der Waals surface area contributed by atoms with Gasteiger partial charge in [0.15, 0.2) is 4.87 Å². The molecule has 1 aliphatic heterocycles. The molecule has 0 aromatic carbocycles. The van der Waals surface area contributed by atoms with Crippen molar-refractivity contribution in [2.24, 2.45) is 5.73 Å². The Morgan fingerprint density at radius 2 is 2.15 bits per heavy atom. The third kappa shape index (κ3) is 2.61. The quantitative estimate of drug-likeness (QED) is 0.538. The van der Waals surface area contributed by atoms with Crippen molar-refractivity contribution >= 4 is 66.1 Å². The fourth-order valence-electron chi connectivity index (χ4n) is 0.659. The van der Waals surface area contributed by atoms with Crippen molar-refractivity contribution < 1.29 is 13.0 Å². The molecule has 2 atom stereocenters. The Morgan fingerprint density at radius 1 is 1.69 bits per heavy atom. The number of thioether (sulfide) groups is 1. The molecule has 4 nitrogen and oxygen atoms in total. The fourth-order valence-corrected chi connectivity index (χ4v) is 5.75. The summed E-state index contributed by atoms with van der Waals surface area (Å²) in [5.41, 5.74) is 5.46. The highest BCUT2D eigenvalue weighted by Gasteiger charge is 2.48. The van der Waals surface area contributed by atoms with Crippen LogP contribution in [0.25, 0.3) is 0 Å². The van der Waals surface area contributed by atoms with Crippen LogP contribution in [0.5, 0.6) is 0 Å². The monoisotopic (exact) mass is 373 g/mol. The lowest BCUT2D eigenvalue weighted by Gasteiger charge is -2.21. The van der Waals surface area contributed by atoms with E-state index in [1.165, 1.54) is 17.8 Å². The zero-order chi connectivity index (χ0) is 9.57. The third-order valence-corrected chi connectivity index (χ3v) is 6.10. The van der Waals surface area contributed by atoms with Crippen molar-refractivity contribution in [1.82, 2.24) is 0 Å². The summed E-state index contributed by atoms with van der Waals surface area (Å²) in [6.45, 7) is 0. The average molecular weight is 375 g/mol. The van der Waals surface area contributed by atoms with Gasteiger partial charge in [0.05, 0.1) is 3.81 Å². The standard InChI is InChI=1S/C4H5Br2NO3S2.ClH/c5-2-1-4(7,3(6)11-2)12(8,9)10;/h1,3H,7H2,(H,8,9,10);1H. The van der Waals surface area contributed by atoms with Gasteiger partial charge in [0.1, 0.15) is 4.16 Å². The second-order valence-corrected chi connectivity index (χ2v) is 7.92. The fraction of sp³-hybridized carbons (Fsp3) is 0.500. The Balaban J connectivity index is 0.00000144. The van der Waals surface area contributed by atoms with Crippen molar-refractivity contribution in [3.8, 4) is 0 Å². The van der Waals surface area contributed by atoms with Gasteiger partial charge < -0.3 is 5.73 Å². The Morgan fingerprint density at radius 3 is 2.31 bits per heavy atom. The van der Waals surface area contributed by atoms with Gasteiger partial charge in [-0.05, 0) is 22.0 Å². The van der Waals surface area contributed by atoms with Crippen LogP contribution in [0.3, 0.4) is 0 Å². The Hall–Kier alpha value is 1.21. The number of alkyl halides is 1. The smallest absolute Gasteiger partial charge is 0.289 e. The van der Waals surface area contributed by atoms with Crippen LogP contribution in [-0.4, -0.2) is 22.0 Å². The minimum Gasteiger partial charge on any atom is -0.306 e. The van der Waals surface area contributed by atoms with E-state index < -0.39 is 19.1 Å². The Labute approximate surface area is 103 Å². The minimum atomic E-state index is -4.28. The molecule has 0 saturated carbocycles. The molecule has 3 N–H and O–H groups in total. The summed E-state index contributed by atoms with van der Waals surface area (Å²) in [4.78, 5) is -1.74. The highest BCUT2D eigenvalue weighted by molar-refractivity contribution is 9.15. The molecule has 0 fully saturated rings. The lowest BCUT2D eigenvalue weighted by molar-refractivity contribution is 0.455. The summed E-state index contributed by atoms with van der Waals surface area (Å²) in [6.07, 6.45) is 1.26. The second-order valence-electron chi connectivity index (χ2n) is 2.21. The van der Waals surface area contributed by atoms with E-state index in [4.69, 9.17) is 10.3 Å². The molecule has 1 aliphatic rings. The molecule has 9 heteroatoms. The largest absolute Gasteiger partial charge is 0.306 e. The summed E-state index contributed by atoms with van der Waals surface area (Å²) < 4.78 is 30.5. The zero-order valence-corrected chi connectivity index (χ0v) is 11.6. The number of nitrogens with two attached hydrogens (primary N) is 1. The SMILES string of the molecule is Cl.NC1(S(=O)(=O)O)C=C(Br)SC1Br. The molecule has 2 unspecified atom stereocenters. The van der Waals surface area contributed by atoms with Gasteiger partial charge in [0, 0.05) is 0 Å². The molecular weight excluding hydrogens is 369 g/mol. The predicted octanol–water partition coefficient (Wildman–Crippen LogP) is 1.66. The normalized spacial score (nSPS) is 33.8. The van der Waals surface area contributed by atoms with Crippen molar-refractivity contribution in [3.05, 3.63) is 9.89 Å².